The highest BCUT2D eigenvalue weighted by atomic mass is 35.5. The van der Waals surface area contributed by atoms with Crippen LogP contribution in [0.25, 0.3) is 0 Å². The second kappa shape index (κ2) is 10.5. The van der Waals surface area contributed by atoms with Crippen LogP contribution in [0.3, 0.4) is 0 Å². The Morgan fingerprint density at radius 3 is 2.70 bits per heavy atom. The Morgan fingerprint density at radius 1 is 1.26 bits per heavy atom. The first-order valence-corrected chi connectivity index (χ1v) is 10.2. The number of piperidine rings is 1. The van der Waals surface area contributed by atoms with Crippen LogP contribution < -0.4 is 5.32 Å². The predicted octanol–water partition coefficient (Wildman–Crippen LogP) is 2.18. The van der Waals surface area contributed by atoms with Gasteiger partial charge in [0.25, 0.3) is 0 Å². The molecule has 0 aromatic carbocycles. The third-order valence-electron chi connectivity index (χ3n) is 5.76. The lowest BCUT2D eigenvalue weighted by Crippen LogP contribution is -2.50. The molecule has 3 fully saturated rings. The summed E-state index contributed by atoms with van der Waals surface area (Å²) in [5.41, 5.74) is -0.387. The van der Waals surface area contributed by atoms with E-state index in [9.17, 15) is 9.59 Å². The van der Waals surface area contributed by atoms with E-state index in [4.69, 9.17) is 9.47 Å². The number of morpholine rings is 1. The molecular formula is C19H34ClN3O4. The van der Waals surface area contributed by atoms with E-state index in [2.05, 4.69) is 12.2 Å². The predicted molar refractivity (Wildman–Crippen MR) is 105 cm³/mol. The van der Waals surface area contributed by atoms with Crippen LogP contribution >= 0.6 is 12.4 Å². The molecule has 27 heavy (non-hydrogen) atoms. The number of hydrogen-bond acceptors (Lipinski definition) is 5. The van der Waals surface area contributed by atoms with Crippen molar-refractivity contribution in [3.63, 3.8) is 0 Å². The second-order valence-electron chi connectivity index (χ2n) is 7.82. The molecule has 1 spiro atoms. The average Bonchev–Trinajstić information content (AvgIpc) is 2.95. The molecule has 2 amide bonds. The number of nitrogens with one attached hydrogen (secondary N) is 1. The fraction of sp³-hybridized carbons (Fsp3) is 0.895. The molecule has 1 N–H and O–H groups in total. The normalized spacial score (nSPS) is 24.6. The van der Waals surface area contributed by atoms with Crippen LogP contribution in [0.1, 0.15) is 51.9 Å². The summed E-state index contributed by atoms with van der Waals surface area (Å²) in [7, 11) is 0. The molecule has 7 nitrogen and oxygen atoms in total. The van der Waals surface area contributed by atoms with Crippen LogP contribution in [0, 0.1) is 0 Å². The fourth-order valence-corrected chi connectivity index (χ4v) is 4.09. The molecule has 0 saturated carbocycles. The van der Waals surface area contributed by atoms with Crippen molar-refractivity contribution in [1.29, 1.82) is 0 Å². The van der Waals surface area contributed by atoms with Crippen molar-refractivity contribution in [3.8, 4) is 0 Å². The first-order chi connectivity index (χ1) is 12.6. The number of halogens is 1. The van der Waals surface area contributed by atoms with Gasteiger partial charge in [0.2, 0.25) is 5.91 Å². The van der Waals surface area contributed by atoms with Gasteiger partial charge in [-0.3, -0.25) is 4.79 Å². The number of nitrogens with zero attached hydrogens (tertiary/aromatic N) is 2. The van der Waals surface area contributed by atoms with Crippen LogP contribution in [-0.4, -0.2) is 79.4 Å². The summed E-state index contributed by atoms with van der Waals surface area (Å²) in [6.07, 6.45) is 6.32. The zero-order valence-corrected chi connectivity index (χ0v) is 17.2. The van der Waals surface area contributed by atoms with Gasteiger partial charge in [-0.1, -0.05) is 26.2 Å². The van der Waals surface area contributed by atoms with E-state index < -0.39 is 0 Å². The van der Waals surface area contributed by atoms with E-state index in [0.29, 0.717) is 32.7 Å². The zero-order valence-electron chi connectivity index (χ0n) is 16.4. The van der Waals surface area contributed by atoms with Gasteiger partial charge in [-0.25, -0.2) is 4.79 Å². The SMILES string of the molecule is CCCCCCN1CC2(CCN(C(=O)CC3CNCCO3)CC2)OC1=O.Cl. The van der Waals surface area contributed by atoms with Crippen LogP contribution in [0.15, 0.2) is 0 Å². The van der Waals surface area contributed by atoms with Crippen LogP contribution in [-0.2, 0) is 14.3 Å². The molecule has 3 aliphatic heterocycles. The number of ether oxygens (including phenoxy) is 2. The zero-order chi connectivity index (χ0) is 18.4. The van der Waals surface area contributed by atoms with Crippen molar-refractivity contribution in [1.82, 2.24) is 15.1 Å². The molecule has 3 heterocycles. The van der Waals surface area contributed by atoms with Crippen molar-refractivity contribution < 1.29 is 19.1 Å². The average molecular weight is 404 g/mol. The van der Waals surface area contributed by atoms with Gasteiger partial charge >= 0.3 is 6.09 Å². The standard InChI is InChI=1S/C19H33N3O4.ClH/c1-2-3-4-5-9-22-15-19(26-18(22)24)6-10-21(11-7-19)17(23)13-16-14-20-8-12-25-16;/h16,20H,2-15H2,1H3;1H. The molecule has 1 unspecified atom stereocenters. The second-order valence-corrected chi connectivity index (χ2v) is 7.82. The van der Waals surface area contributed by atoms with Gasteiger partial charge in [-0.05, 0) is 6.42 Å². The smallest absolute Gasteiger partial charge is 0.410 e. The molecule has 1 atom stereocenters. The van der Waals surface area contributed by atoms with E-state index >= 15 is 0 Å². The lowest BCUT2D eigenvalue weighted by molar-refractivity contribution is -0.138. The van der Waals surface area contributed by atoms with Crippen molar-refractivity contribution >= 4 is 24.4 Å². The van der Waals surface area contributed by atoms with Gasteiger partial charge in [0.05, 0.1) is 25.7 Å². The fourth-order valence-electron chi connectivity index (χ4n) is 4.09. The summed E-state index contributed by atoms with van der Waals surface area (Å²) < 4.78 is 11.4. The van der Waals surface area contributed by atoms with Gasteiger partial charge in [0, 0.05) is 45.6 Å². The van der Waals surface area contributed by atoms with Crippen molar-refractivity contribution in [3.05, 3.63) is 0 Å². The Kier molecular flexibility index (Phi) is 8.63. The lowest BCUT2D eigenvalue weighted by atomic mass is 9.91. The maximum Gasteiger partial charge on any atom is 0.410 e. The Hall–Kier alpha value is -1.05. The molecule has 0 aromatic heterocycles. The van der Waals surface area contributed by atoms with Crippen LogP contribution in [0.4, 0.5) is 4.79 Å². The molecular weight excluding hydrogens is 370 g/mol. The number of carbonyl (C=O) groups excluding carboxylic acids is 2. The Labute approximate surface area is 168 Å². The molecule has 3 saturated heterocycles. The first kappa shape index (κ1) is 22.2. The molecule has 0 bridgehead atoms. The Morgan fingerprint density at radius 2 is 2.04 bits per heavy atom. The monoisotopic (exact) mass is 403 g/mol. The number of unbranched alkanes of at least 4 members (excludes halogenated alkanes) is 3. The highest BCUT2D eigenvalue weighted by molar-refractivity contribution is 5.85. The minimum atomic E-state index is -0.387. The van der Waals surface area contributed by atoms with Crippen LogP contribution in [0.5, 0.6) is 0 Å². The topological polar surface area (TPSA) is 71.1 Å². The van der Waals surface area contributed by atoms with Gasteiger partial charge in [-0.15, -0.1) is 12.4 Å². The first-order valence-electron chi connectivity index (χ1n) is 10.2. The van der Waals surface area contributed by atoms with Gasteiger partial charge < -0.3 is 24.6 Å². The van der Waals surface area contributed by atoms with Crippen LogP contribution in [0.2, 0.25) is 0 Å². The van der Waals surface area contributed by atoms with Gasteiger partial charge in [0.1, 0.15) is 5.60 Å². The maximum absolute atomic E-state index is 12.5. The number of amides is 2. The number of hydrogen-bond donors (Lipinski definition) is 1. The van der Waals surface area contributed by atoms with Crippen molar-refractivity contribution in [2.24, 2.45) is 0 Å². The lowest BCUT2D eigenvalue weighted by Gasteiger charge is -2.38. The summed E-state index contributed by atoms with van der Waals surface area (Å²) in [5.74, 6) is 0.147. The van der Waals surface area contributed by atoms with Gasteiger partial charge in [-0.2, -0.15) is 0 Å². The van der Waals surface area contributed by atoms with E-state index in [0.717, 1.165) is 45.3 Å². The number of rotatable bonds is 7. The third-order valence-corrected chi connectivity index (χ3v) is 5.76. The summed E-state index contributed by atoms with van der Waals surface area (Å²) >= 11 is 0. The Balaban J connectivity index is 0.00000261. The third kappa shape index (κ3) is 5.96. The van der Waals surface area contributed by atoms with E-state index in [1.54, 1.807) is 0 Å². The van der Waals surface area contributed by atoms with E-state index in [-0.39, 0.29) is 36.1 Å². The highest BCUT2D eigenvalue weighted by Gasteiger charge is 2.47. The summed E-state index contributed by atoms with van der Waals surface area (Å²) in [6, 6.07) is 0. The highest BCUT2D eigenvalue weighted by Crippen LogP contribution is 2.33. The summed E-state index contributed by atoms with van der Waals surface area (Å²) in [5, 5.41) is 3.26. The maximum atomic E-state index is 12.5. The number of likely N-dealkylation sites (tertiary alicyclic amines) is 1. The van der Waals surface area contributed by atoms with Crippen molar-refractivity contribution in [2.75, 3.05) is 45.9 Å². The summed E-state index contributed by atoms with van der Waals surface area (Å²) in [6.45, 7) is 7.25. The molecule has 0 aliphatic carbocycles. The molecule has 8 heteroatoms. The molecule has 156 valence electrons. The molecule has 3 rings (SSSR count). The van der Waals surface area contributed by atoms with Gasteiger partial charge in [0.15, 0.2) is 0 Å². The molecule has 0 radical (unpaired) electrons. The minimum Gasteiger partial charge on any atom is -0.441 e. The number of carbonyl (C=O) groups is 2. The minimum absolute atomic E-state index is 0. The van der Waals surface area contributed by atoms with E-state index in [1.807, 2.05) is 9.80 Å². The summed E-state index contributed by atoms with van der Waals surface area (Å²) in [4.78, 5) is 28.4. The van der Waals surface area contributed by atoms with Crippen molar-refractivity contribution in [2.45, 2.75) is 63.6 Å². The van der Waals surface area contributed by atoms with E-state index in [1.165, 1.54) is 12.8 Å². The molecule has 3 aliphatic rings. The largest absolute Gasteiger partial charge is 0.441 e. The Bertz CT molecular complexity index is 491. The molecule has 0 aromatic rings. The quantitative estimate of drug-likeness (QED) is 0.660.